The van der Waals surface area contributed by atoms with E-state index in [0.717, 1.165) is 6.42 Å². The predicted octanol–water partition coefficient (Wildman–Crippen LogP) is 2.11. The van der Waals surface area contributed by atoms with E-state index in [1.807, 2.05) is 0 Å². The Hall–Kier alpha value is -1.66. The lowest BCUT2D eigenvalue weighted by atomic mass is 10.1. The van der Waals surface area contributed by atoms with Crippen LogP contribution in [0.5, 0.6) is 0 Å². The van der Waals surface area contributed by atoms with Crippen LogP contribution in [-0.4, -0.2) is 42.0 Å². The molecule has 1 atom stereocenters. The summed E-state index contributed by atoms with van der Waals surface area (Å²) in [4.78, 5) is 24.2. The molecule has 0 aliphatic carbocycles. The first kappa shape index (κ1) is 13.8. The van der Waals surface area contributed by atoms with Crippen molar-refractivity contribution in [3.8, 4) is 0 Å². The summed E-state index contributed by atoms with van der Waals surface area (Å²) in [5, 5.41) is 11.2. The highest BCUT2D eigenvalue weighted by Gasteiger charge is 2.30. The van der Waals surface area contributed by atoms with Gasteiger partial charge in [0.15, 0.2) is 0 Å². The molecule has 1 fully saturated rings. The van der Waals surface area contributed by atoms with E-state index in [1.54, 1.807) is 12.0 Å². The fourth-order valence-corrected chi connectivity index (χ4v) is 2.29. The first-order chi connectivity index (χ1) is 9.02. The van der Waals surface area contributed by atoms with Gasteiger partial charge in [-0.25, -0.2) is 0 Å². The molecule has 2 rings (SSSR count). The molecule has 1 aliphatic rings. The maximum Gasteiger partial charge on any atom is 0.282 e. The molecule has 1 amide bonds. The van der Waals surface area contributed by atoms with Gasteiger partial charge in [-0.2, -0.15) is 0 Å². The zero-order valence-corrected chi connectivity index (χ0v) is 11.1. The molecule has 0 saturated carbocycles. The lowest BCUT2D eigenvalue weighted by Gasteiger charge is -2.16. The Balaban J connectivity index is 2.28. The molecule has 1 saturated heterocycles. The summed E-state index contributed by atoms with van der Waals surface area (Å²) in [6.07, 6.45) is 0.721. The molecule has 0 aromatic heterocycles. The minimum Gasteiger partial charge on any atom is -0.380 e. The number of hydrogen-bond acceptors (Lipinski definition) is 4. The molecular formula is C12H13ClN2O4. The van der Waals surface area contributed by atoms with Gasteiger partial charge < -0.3 is 9.64 Å². The molecule has 1 aliphatic heterocycles. The fourth-order valence-electron chi connectivity index (χ4n) is 2.11. The number of amides is 1. The van der Waals surface area contributed by atoms with Gasteiger partial charge in [0.1, 0.15) is 5.56 Å². The molecule has 102 valence electrons. The van der Waals surface area contributed by atoms with Crippen molar-refractivity contribution in [1.29, 1.82) is 0 Å². The van der Waals surface area contributed by atoms with E-state index >= 15 is 0 Å². The Morgan fingerprint density at radius 2 is 2.32 bits per heavy atom. The second kappa shape index (κ2) is 5.54. The molecule has 1 aromatic carbocycles. The van der Waals surface area contributed by atoms with Gasteiger partial charge >= 0.3 is 0 Å². The van der Waals surface area contributed by atoms with Gasteiger partial charge in [-0.15, -0.1) is 0 Å². The summed E-state index contributed by atoms with van der Waals surface area (Å²) in [5.41, 5.74) is -0.204. The third-order valence-corrected chi connectivity index (χ3v) is 3.39. The van der Waals surface area contributed by atoms with Crippen LogP contribution in [0.3, 0.4) is 0 Å². The molecule has 7 heteroatoms. The minimum absolute atomic E-state index is 0.0119. The van der Waals surface area contributed by atoms with Crippen molar-refractivity contribution in [3.63, 3.8) is 0 Å². The number of halogens is 1. The normalized spacial score (nSPS) is 18.6. The molecule has 1 unspecified atom stereocenters. The predicted molar refractivity (Wildman–Crippen MR) is 69.4 cm³/mol. The van der Waals surface area contributed by atoms with Gasteiger partial charge in [0.25, 0.3) is 11.6 Å². The number of carbonyl (C=O) groups is 1. The van der Waals surface area contributed by atoms with Gasteiger partial charge in [-0.3, -0.25) is 14.9 Å². The zero-order chi connectivity index (χ0) is 14.0. The number of carbonyl (C=O) groups excluding carboxylic acids is 1. The molecule has 6 nitrogen and oxygen atoms in total. The summed E-state index contributed by atoms with van der Waals surface area (Å²) < 4.78 is 5.18. The Labute approximate surface area is 115 Å². The average molecular weight is 285 g/mol. The molecule has 0 N–H and O–H groups in total. The molecule has 19 heavy (non-hydrogen) atoms. The Kier molecular flexibility index (Phi) is 4.01. The largest absolute Gasteiger partial charge is 0.380 e. The number of benzene rings is 1. The van der Waals surface area contributed by atoms with Crippen LogP contribution >= 0.6 is 11.6 Å². The second-order valence-corrected chi connectivity index (χ2v) is 4.75. The van der Waals surface area contributed by atoms with Gasteiger partial charge in [0.05, 0.1) is 11.0 Å². The van der Waals surface area contributed by atoms with E-state index in [-0.39, 0.29) is 23.3 Å². The third-order valence-electron chi connectivity index (χ3n) is 3.15. The topological polar surface area (TPSA) is 72.7 Å². The van der Waals surface area contributed by atoms with E-state index in [9.17, 15) is 14.9 Å². The van der Waals surface area contributed by atoms with Crippen molar-refractivity contribution < 1.29 is 14.5 Å². The first-order valence-corrected chi connectivity index (χ1v) is 6.16. The number of rotatable bonds is 3. The monoisotopic (exact) mass is 284 g/mol. The van der Waals surface area contributed by atoms with Crippen molar-refractivity contribution in [2.75, 3.05) is 20.2 Å². The van der Waals surface area contributed by atoms with Crippen molar-refractivity contribution in [2.24, 2.45) is 0 Å². The van der Waals surface area contributed by atoms with Gasteiger partial charge in [-0.05, 0) is 18.6 Å². The highest BCUT2D eigenvalue weighted by atomic mass is 35.5. The summed E-state index contributed by atoms with van der Waals surface area (Å²) in [6.45, 7) is 0.972. The van der Waals surface area contributed by atoms with Crippen LogP contribution in [0.1, 0.15) is 16.8 Å². The number of hydrogen-bond donors (Lipinski definition) is 0. The van der Waals surface area contributed by atoms with Crippen LogP contribution in [0.2, 0.25) is 5.02 Å². The first-order valence-electron chi connectivity index (χ1n) is 5.79. The molecule has 0 radical (unpaired) electrons. The van der Waals surface area contributed by atoms with Crippen LogP contribution in [0, 0.1) is 10.1 Å². The smallest absolute Gasteiger partial charge is 0.282 e. The number of nitro groups is 1. The SMILES string of the molecule is COC1CCN(C(=O)c2cc(Cl)ccc2[N+](=O)[O-])C1. The summed E-state index contributed by atoms with van der Waals surface area (Å²) in [6, 6.07) is 3.99. The maximum atomic E-state index is 12.3. The van der Waals surface area contributed by atoms with Crippen LogP contribution in [0.4, 0.5) is 5.69 Å². The minimum atomic E-state index is -0.576. The molecule has 0 spiro atoms. The quantitative estimate of drug-likeness (QED) is 0.629. The second-order valence-electron chi connectivity index (χ2n) is 4.32. The molecular weight excluding hydrogens is 272 g/mol. The van der Waals surface area contributed by atoms with Crippen LogP contribution < -0.4 is 0 Å². The van der Waals surface area contributed by atoms with Crippen molar-refractivity contribution in [2.45, 2.75) is 12.5 Å². The van der Waals surface area contributed by atoms with E-state index in [2.05, 4.69) is 0 Å². The number of nitro benzene ring substituents is 1. The number of methoxy groups -OCH3 is 1. The number of ether oxygens (including phenoxy) is 1. The Morgan fingerprint density at radius 1 is 1.58 bits per heavy atom. The molecule has 0 bridgehead atoms. The van der Waals surface area contributed by atoms with Crippen LogP contribution in [0.15, 0.2) is 18.2 Å². The van der Waals surface area contributed by atoms with E-state index < -0.39 is 4.92 Å². The van der Waals surface area contributed by atoms with E-state index in [1.165, 1.54) is 18.2 Å². The zero-order valence-electron chi connectivity index (χ0n) is 10.3. The van der Waals surface area contributed by atoms with Crippen molar-refractivity contribution in [1.82, 2.24) is 4.90 Å². The summed E-state index contributed by atoms with van der Waals surface area (Å²) in [5.74, 6) is -0.381. The van der Waals surface area contributed by atoms with Gasteiger partial charge in [0, 0.05) is 31.3 Å². The average Bonchev–Trinajstić information content (AvgIpc) is 2.86. The fraction of sp³-hybridized carbons (Fsp3) is 0.417. The highest BCUT2D eigenvalue weighted by molar-refractivity contribution is 6.31. The maximum absolute atomic E-state index is 12.3. The molecule has 1 aromatic rings. The van der Waals surface area contributed by atoms with Crippen molar-refractivity contribution in [3.05, 3.63) is 38.9 Å². The lowest BCUT2D eigenvalue weighted by Crippen LogP contribution is -2.30. The van der Waals surface area contributed by atoms with E-state index in [0.29, 0.717) is 18.1 Å². The summed E-state index contributed by atoms with van der Waals surface area (Å²) >= 11 is 5.81. The Bertz CT molecular complexity index is 520. The number of likely N-dealkylation sites (tertiary alicyclic amines) is 1. The third kappa shape index (κ3) is 2.85. The van der Waals surface area contributed by atoms with Gasteiger partial charge in [-0.1, -0.05) is 11.6 Å². The molecule has 1 heterocycles. The Morgan fingerprint density at radius 3 is 2.89 bits per heavy atom. The number of nitrogens with zero attached hydrogens (tertiary/aromatic N) is 2. The summed E-state index contributed by atoms with van der Waals surface area (Å²) in [7, 11) is 1.58. The van der Waals surface area contributed by atoms with Crippen molar-refractivity contribution >= 4 is 23.2 Å². The standard InChI is InChI=1S/C12H13ClN2O4/c1-19-9-4-5-14(7-9)12(16)10-6-8(13)2-3-11(10)15(17)18/h2-3,6,9H,4-5,7H2,1H3. The van der Waals surface area contributed by atoms with Crippen LogP contribution in [-0.2, 0) is 4.74 Å². The van der Waals surface area contributed by atoms with E-state index in [4.69, 9.17) is 16.3 Å². The highest BCUT2D eigenvalue weighted by Crippen LogP contribution is 2.25. The lowest BCUT2D eigenvalue weighted by molar-refractivity contribution is -0.385. The van der Waals surface area contributed by atoms with Crippen LogP contribution in [0.25, 0.3) is 0 Å². The van der Waals surface area contributed by atoms with Gasteiger partial charge in [0.2, 0.25) is 0 Å².